The second-order valence-corrected chi connectivity index (χ2v) is 4.18. The molecule has 0 fully saturated rings. The van der Waals surface area contributed by atoms with Crippen molar-refractivity contribution < 1.29 is 4.92 Å². The Hall–Kier alpha value is -1.81. The zero-order valence-electron chi connectivity index (χ0n) is 8.97. The second-order valence-electron chi connectivity index (χ2n) is 3.75. The highest BCUT2D eigenvalue weighted by atomic mass is 35.5. The van der Waals surface area contributed by atoms with E-state index in [0.29, 0.717) is 5.02 Å². The summed E-state index contributed by atoms with van der Waals surface area (Å²) in [5.74, 6) is -0.293. The summed E-state index contributed by atoms with van der Waals surface area (Å²) >= 11 is 5.91. The molecule has 0 aliphatic heterocycles. The average molecular weight is 251 g/mol. The molecule has 17 heavy (non-hydrogen) atoms. The van der Waals surface area contributed by atoms with Crippen LogP contribution in [0.4, 0.5) is 0 Å². The topological polar surface area (TPSA) is 58.9 Å². The predicted molar refractivity (Wildman–Crippen MR) is 65.9 cm³/mol. The van der Waals surface area contributed by atoms with Gasteiger partial charge in [0.05, 0.1) is 5.92 Å². The van der Waals surface area contributed by atoms with Crippen LogP contribution in [-0.4, -0.2) is 16.5 Å². The lowest BCUT2D eigenvalue weighted by molar-refractivity contribution is -0.481. The lowest BCUT2D eigenvalue weighted by Gasteiger charge is -2.12. The van der Waals surface area contributed by atoms with Gasteiger partial charge < -0.3 is 4.98 Å². The molecule has 0 aliphatic carbocycles. The van der Waals surface area contributed by atoms with Gasteiger partial charge in [-0.2, -0.15) is 0 Å². The lowest BCUT2D eigenvalue weighted by atomic mass is 9.96. The molecule has 1 atom stereocenters. The van der Waals surface area contributed by atoms with Crippen molar-refractivity contribution in [1.82, 2.24) is 4.98 Å². The van der Waals surface area contributed by atoms with Gasteiger partial charge in [0.1, 0.15) is 0 Å². The van der Waals surface area contributed by atoms with Crippen molar-refractivity contribution in [1.29, 1.82) is 0 Å². The van der Waals surface area contributed by atoms with Crippen LogP contribution in [0.2, 0.25) is 5.02 Å². The quantitative estimate of drug-likeness (QED) is 0.670. The van der Waals surface area contributed by atoms with Crippen molar-refractivity contribution in [2.24, 2.45) is 0 Å². The smallest absolute Gasteiger partial charge is 0.216 e. The van der Waals surface area contributed by atoms with Gasteiger partial charge in [0.25, 0.3) is 0 Å². The molecule has 5 heteroatoms. The van der Waals surface area contributed by atoms with E-state index in [2.05, 4.69) is 4.98 Å². The van der Waals surface area contributed by atoms with E-state index in [4.69, 9.17) is 11.6 Å². The van der Waals surface area contributed by atoms with Crippen LogP contribution in [-0.2, 0) is 0 Å². The molecule has 1 aromatic heterocycles. The third-order valence-corrected chi connectivity index (χ3v) is 2.82. The van der Waals surface area contributed by atoms with Crippen molar-refractivity contribution in [3.8, 4) is 0 Å². The van der Waals surface area contributed by atoms with Gasteiger partial charge in [-0.25, -0.2) is 0 Å². The van der Waals surface area contributed by atoms with Crippen LogP contribution >= 0.6 is 11.6 Å². The molecule has 2 aromatic rings. The van der Waals surface area contributed by atoms with Crippen molar-refractivity contribution in [2.75, 3.05) is 6.54 Å². The number of aromatic nitrogens is 1. The number of nitro groups is 1. The number of hydrogen-bond donors (Lipinski definition) is 1. The molecule has 0 bridgehead atoms. The first-order chi connectivity index (χ1) is 8.16. The maximum Gasteiger partial charge on any atom is 0.216 e. The van der Waals surface area contributed by atoms with Gasteiger partial charge in [-0.05, 0) is 29.8 Å². The first-order valence-corrected chi connectivity index (χ1v) is 5.55. The summed E-state index contributed by atoms with van der Waals surface area (Å²) in [7, 11) is 0. The fourth-order valence-electron chi connectivity index (χ4n) is 1.82. The van der Waals surface area contributed by atoms with E-state index in [0.717, 1.165) is 11.3 Å². The number of nitrogens with zero attached hydrogens (tertiary/aromatic N) is 1. The molecule has 1 heterocycles. The predicted octanol–water partition coefficient (Wildman–Crippen LogP) is 3.08. The number of halogens is 1. The molecule has 0 radical (unpaired) electrons. The minimum atomic E-state index is -0.313. The van der Waals surface area contributed by atoms with Crippen molar-refractivity contribution in [3.05, 3.63) is 69.0 Å². The maximum absolute atomic E-state index is 10.7. The fourth-order valence-corrected chi connectivity index (χ4v) is 2.02. The molecular formula is C12H11ClN2O2. The Kier molecular flexibility index (Phi) is 3.44. The summed E-state index contributed by atoms with van der Waals surface area (Å²) < 4.78 is 0. The molecule has 1 aromatic carbocycles. The fraction of sp³-hybridized carbons (Fsp3) is 0.167. The van der Waals surface area contributed by atoms with E-state index in [9.17, 15) is 10.1 Å². The van der Waals surface area contributed by atoms with Gasteiger partial charge in [0.2, 0.25) is 6.54 Å². The highest BCUT2D eigenvalue weighted by Crippen LogP contribution is 2.25. The molecule has 0 aliphatic rings. The Balaban J connectivity index is 2.36. The van der Waals surface area contributed by atoms with Gasteiger partial charge in [-0.3, -0.25) is 10.1 Å². The first kappa shape index (κ1) is 11.7. The molecule has 1 N–H and O–H groups in total. The standard InChI is InChI=1S/C12H11ClN2O2/c13-10-4-1-3-9(7-10)11(8-15(16)17)12-5-2-6-14-12/h1-7,11,14H,8H2. The maximum atomic E-state index is 10.7. The van der Waals surface area contributed by atoms with Crippen LogP contribution < -0.4 is 0 Å². The van der Waals surface area contributed by atoms with Crippen LogP contribution in [0.1, 0.15) is 17.2 Å². The minimum Gasteiger partial charge on any atom is -0.364 e. The number of aromatic amines is 1. The van der Waals surface area contributed by atoms with Gasteiger partial charge in [-0.15, -0.1) is 0 Å². The molecule has 2 rings (SSSR count). The monoisotopic (exact) mass is 250 g/mol. The number of H-pyrrole nitrogens is 1. The number of hydrogen-bond acceptors (Lipinski definition) is 2. The summed E-state index contributed by atoms with van der Waals surface area (Å²) in [6, 6.07) is 10.8. The van der Waals surface area contributed by atoms with Crippen molar-refractivity contribution in [2.45, 2.75) is 5.92 Å². The number of rotatable bonds is 4. The number of benzene rings is 1. The molecule has 1 unspecified atom stereocenters. The zero-order chi connectivity index (χ0) is 12.3. The third-order valence-electron chi connectivity index (χ3n) is 2.58. The largest absolute Gasteiger partial charge is 0.364 e. The summed E-state index contributed by atoms with van der Waals surface area (Å²) in [6.07, 6.45) is 1.76. The minimum absolute atomic E-state index is 0.152. The van der Waals surface area contributed by atoms with E-state index >= 15 is 0 Å². The van der Waals surface area contributed by atoms with E-state index in [1.54, 1.807) is 24.4 Å². The zero-order valence-corrected chi connectivity index (χ0v) is 9.72. The van der Waals surface area contributed by atoms with Crippen LogP contribution in [0.3, 0.4) is 0 Å². The van der Waals surface area contributed by atoms with Gasteiger partial charge in [0.15, 0.2) is 0 Å². The summed E-state index contributed by atoms with van der Waals surface area (Å²) in [6.45, 7) is -0.152. The molecule has 88 valence electrons. The SMILES string of the molecule is O=[N+]([O-])CC(c1cccc(Cl)c1)c1ccc[nH]1. The number of nitrogens with one attached hydrogen (secondary N) is 1. The van der Waals surface area contributed by atoms with E-state index in [-0.39, 0.29) is 17.4 Å². The van der Waals surface area contributed by atoms with Crippen molar-refractivity contribution in [3.63, 3.8) is 0 Å². The Morgan fingerprint density at radius 2 is 2.18 bits per heavy atom. The van der Waals surface area contributed by atoms with Gasteiger partial charge in [-0.1, -0.05) is 23.7 Å². The normalized spacial score (nSPS) is 12.3. The highest BCUT2D eigenvalue weighted by molar-refractivity contribution is 6.30. The van der Waals surface area contributed by atoms with Crippen LogP contribution in [0.25, 0.3) is 0 Å². The third kappa shape index (κ3) is 2.85. The molecular weight excluding hydrogens is 240 g/mol. The molecule has 0 saturated heterocycles. The van der Waals surface area contributed by atoms with Crippen LogP contribution in [0.5, 0.6) is 0 Å². The van der Waals surface area contributed by atoms with Crippen LogP contribution in [0, 0.1) is 10.1 Å². The Morgan fingerprint density at radius 1 is 1.35 bits per heavy atom. The highest BCUT2D eigenvalue weighted by Gasteiger charge is 2.20. The molecule has 0 amide bonds. The van der Waals surface area contributed by atoms with Crippen LogP contribution in [0.15, 0.2) is 42.6 Å². The molecule has 0 saturated carbocycles. The van der Waals surface area contributed by atoms with E-state index < -0.39 is 0 Å². The Morgan fingerprint density at radius 3 is 2.76 bits per heavy atom. The second kappa shape index (κ2) is 5.01. The Labute approximate surface area is 103 Å². The van der Waals surface area contributed by atoms with Crippen molar-refractivity contribution >= 4 is 11.6 Å². The van der Waals surface area contributed by atoms with Gasteiger partial charge >= 0.3 is 0 Å². The van der Waals surface area contributed by atoms with Gasteiger partial charge in [0, 0.05) is 21.8 Å². The summed E-state index contributed by atoms with van der Waals surface area (Å²) in [5.41, 5.74) is 1.67. The lowest BCUT2D eigenvalue weighted by Crippen LogP contribution is -2.14. The molecule has 4 nitrogen and oxygen atoms in total. The van der Waals surface area contributed by atoms with E-state index in [1.807, 2.05) is 18.2 Å². The summed E-state index contributed by atoms with van der Waals surface area (Å²) in [5, 5.41) is 11.3. The molecule has 0 spiro atoms. The summed E-state index contributed by atoms with van der Waals surface area (Å²) in [4.78, 5) is 13.4. The van der Waals surface area contributed by atoms with E-state index in [1.165, 1.54) is 0 Å². The first-order valence-electron chi connectivity index (χ1n) is 5.17. The Bertz CT molecular complexity index is 511. The average Bonchev–Trinajstić information content (AvgIpc) is 2.79.